The molecule has 3 heteroatoms. The minimum absolute atomic E-state index is 0.00312. The molecule has 16 heavy (non-hydrogen) atoms. The summed E-state index contributed by atoms with van der Waals surface area (Å²) in [6.07, 6.45) is 10.1. The highest BCUT2D eigenvalue weighted by atomic mass is 16.5. The minimum atomic E-state index is -0.00312. The van der Waals surface area contributed by atoms with Crippen LogP contribution in [0, 0.1) is 0 Å². The molecule has 0 radical (unpaired) electrons. The number of rotatable bonds is 5. The van der Waals surface area contributed by atoms with E-state index in [1.807, 2.05) is 0 Å². The fraction of sp³-hybridized carbons (Fsp3) is 1.00. The van der Waals surface area contributed by atoms with Crippen molar-refractivity contribution in [1.82, 2.24) is 0 Å². The second-order valence-electron chi connectivity index (χ2n) is 5.22. The first-order valence-corrected chi connectivity index (χ1v) is 6.80. The molecule has 1 heterocycles. The fourth-order valence-electron chi connectivity index (χ4n) is 2.88. The molecule has 2 aliphatic rings. The normalized spacial score (nSPS) is 29.4. The van der Waals surface area contributed by atoms with Crippen molar-refractivity contribution in [3.05, 3.63) is 0 Å². The summed E-state index contributed by atoms with van der Waals surface area (Å²) in [7, 11) is 0. The number of hydrogen-bond donors (Lipinski definition) is 1. The average molecular weight is 227 g/mol. The number of hydrogen-bond acceptors (Lipinski definition) is 3. The first-order valence-electron chi connectivity index (χ1n) is 6.80. The molecule has 1 aliphatic carbocycles. The molecule has 0 amide bonds. The van der Waals surface area contributed by atoms with Gasteiger partial charge in [0.25, 0.3) is 0 Å². The molecule has 1 saturated carbocycles. The van der Waals surface area contributed by atoms with Crippen molar-refractivity contribution in [2.75, 3.05) is 19.8 Å². The summed E-state index contributed by atoms with van der Waals surface area (Å²) >= 11 is 0. The van der Waals surface area contributed by atoms with Crippen LogP contribution in [-0.2, 0) is 9.47 Å². The highest BCUT2D eigenvalue weighted by Gasteiger charge is 2.31. The van der Waals surface area contributed by atoms with Crippen LogP contribution < -0.4 is 5.73 Å². The van der Waals surface area contributed by atoms with E-state index in [-0.39, 0.29) is 5.60 Å². The summed E-state index contributed by atoms with van der Waals surface area (Å²) in [6, 6.07) is 0. The third kappa shape index (κ3) is 3.19. The zero-order chi connectivity index (χ0) is 11.3. The molecule has 0 aromatic heterocycles. The van der Waals surface area contributed by atoms with Gasteiger partial charge in [-0.3, -0.25) is 0 Å². The summed E-state index contributed by atoms with van der Waals surface area (Å²) in [6.45, 7) is 2.44. The largest absolute Gasteiger partial charge is 0.378 e. The predicted molar refractivity (Wildman–Crippen MR) is 64.4 cm³/mol. The Morgan fingerprint density at radius 3 is 2.62 bits per heavy atom. The summed E-state index contributed by atoms with van der Waals surface area (Å²) in [5.74, 6) is 0. The van der Waals surface area contributed by atoms with Gasteiger partial charge in [0, 0.05) is 19.8 Å². The molecule has 0 bridgehead atoms. The molecule has 1 saturated heterocycles. The van der Waals surface area contributed by atoms with Gasteiger partial charge in [-0.15, -0.1) is 0 Å². The second-order valence-corrected chi connectivity index (χ2v) is 5.22. The van der Waals surface area contributed by atoms with Crippen LogP contribution in [0.4, 0.5) is 0 Å². The van der Waals surface area contributed by atoms with E-state index in [1.165, 1.54) is 32.1 Å². The van der Waals surface area contributed by atoms with Crippen LogP contribution in [0.25, 0.3) is 0 Å². The van der Waals surface area contributed by atoms with Gasteiger partial charge in [0.2, 0.25) is 0 Å². The molecule has 2 rings (SSSR count). The van der Waals surface area contributed by atoms with E-state index >= 15 is 0 Å². The molecule has 0 aromatic carbocycles. The van der Waals surface area contributed by atoms with E-state index in [2.05, 4.69) is 0 Å². The Labute approximate surface area is 98.7 Å². The molecule has 0 aromatic rings. The topological polar surface area (TPSA) is 44.5 Å². The van der Waals surface area contributed by atoms with Gasteiger partial charge in [-0.1, -0.05) is 19.3 Å². The lowest BCUT2D eigenvalue weighted by atomic mass is 9.84. The zero-order valence-corrected chi connectivity index (χ0v) is 10.2. The van der Waals surface area contributed by atoms with E-state index in [0.717, 1.165) is 32.5 Å². The van der Waals surface area contributed by atoms with Crippen molar-refractivity contribution in [2.45, 2.75) is 63.1 Å². The van der Waals surface area contributed by atoms with E-state index in [0.29, 0.717) is 12.6 Å². The van der Waals surface area contributed by atoms with Gasteiger partial charge in [0.15, 0.2) is 0 Å². The van der Waals surface area contributed by atoms with Crippen LogP contribution in [0.5, 0.6) is 0 Å². The van der Waals surface area contributed by atoms with Crippen LogP contribution in [0.1, 0.15) is 51.4 Å². The maximum Gasteiger partial charge on any atom is 0.0804 e. The van der Waals surface area contributed by atoms with Crippen molar-refractivity contribution in [1.29, 1.82) is 0 Å². The third-order valence-corrected chi connectivity index (χ3v) is 4.01. The maximum atomic E-state index is 6.08. The Balaban J connectivity index is 1.69. The number of nitrogens with two attached hydrogens (primary N) is 1. The fourth-order valence-corrected chi connectivity index (χ4v) is 2.88. The smallest absolute Gasteiger partial charge is 0.0804 e. The third-order valence-electron chi connectivity index (χ3n) is 4.01. The standard InChI is InChI=1S/C13H25NO2/c14-11-13(7-2-1-3-8-13)16-10-6-12-5-4-9-15-12/h12H,1-11,14H2. The van der Waals surface area contributed by atoms with E-state index < -0.39 is 0 Å². The Morgan fingerprint density at radius 1 is 1.19 bits per heavy atom. The highest BCUT2D eigenvalue weighted by Crippen LogP contribution is 2.31. The molecule has 94 valence electrons. The highest BCUT2D eigenvalue weighted by molar-refractivity contribution is 4.85. The van der Waals surface area contributed by atoms with Crippen molar-refractivity contribution in [3.63, 3.8) is 0 Å². The average Bonchev–Trinajstić information content (AvgIpc) is 2.83. The Morgan fingerprint density at radius 2 is 2.00 bits per heavy atom. The zero-order valence-electron chi connectivity index (χ0n) is 10.2. The van der Waals surface area contributed by atoms with Crippen molar-refractivity contribution in [3.8, 4) is 0 Å². The predicted octanol–water partition coefficient (Wildman–Crippen LogP) is 2.23. The molecule has 2 fully saturated rings. The molecule has 1 unspecified atom stereocenters. The van der Waals surface area contributed by atoms with E-state index in [1.54, 1.807) is 0 Å². The molecular weight excluding hydrogens is 202 g/mol. The van der Waals surface area contributed by atoms with Crippen LogP contribution in [0.3, 0.4) is 0 Å². The lowest BCUT2D eigenvalue weighted by molar-refractivity contribution is -0.0731. The van der Waals surface area contributed by atoms with Gasteiger partial charge < -0.3 is 15.2 Å². The first-order chi connectivity index (χ1) is 7.85. The van der Waals surface area contributed by atoms with Crippen LogP contribution >= 0.6 is 0 Å². The van der Waals surface area contributed by atoms with Crippen molar-refractivity contribution in [2.24, 2.45) is 5.73 Å². The second kappa shape index (κ2) is 5.99. The lowest BCUT2D eigenvalue weighted by Crippen LogP contribution is -2.43. The summed E-state index contributed by atoms with van der Waals surface area (Å²) in [4.78, 5) is 0. The lowest BCUT2D eigenvalue weighted by Gasteiger charge is -2.36. The van der Waals surface area contributed by atoms with Gasteiger partial charge in [-0.25, -0.2) is 0 Å². The van der Waals surface area contributed by atoms with Gasteiger partial charge in [-0.2, -0.15) is 0 Å². The van der Waals surface area contributed by atoms with Gasteiger partial charge in [0.1, 0.15) is 0 Å². The van der Waals surface area contributed by atoms with Crippen molar-refractivity contribution >= 4 is 0 Å². The molecular formula is C13H25NO2. The molecule has 3 nitrogen and oxygen atoms in total. The molecule has 1 atom stereocenters. The Hall–Kier alpha value is -0.120. The summed E-state index contributed by atoms with van der Waals surface area (Å²) < 4.78 is 11.7. The summed E-state index contributed by atoms with van der Waals surface area (Å²) in [5.41, 5.74) is 5.87. The molecule has 2 N–H and O–H groups in total. The van der Waals surface area contributed by atoms with Crippen molar-refractivity contribution < 1.29 is 9.47 Å². The maximum absolute atomic E-state index is 6.08. The Bertz CT molecular complexity index is 196. The van der Waals surface area contributed by atoms with Crippen LogP contribution in [0.2, 0.25) is 0 Å². The number of ether oxygens (including phenoxy) is 2. The molecule has 0 spiro atoms. The van der Waals surface area contributed by atoms with E-state index in [9.17, 15) is 0 Å². The minimum Gasteiger partial charge on any atom is -0.378 e. The quantitative estimate of drug-likeness (QED) is 0.783. The SMILES string of the molecule is NCC1(OCCC2CCCO2)CCCCC1. The molecule has 1 aliphatic heterocycles. The van der Waals surface area contributed by atoms with Gasteiger partial charge in [-0.05, 0) is 32.1 Å². The monoisotopic (exact) mass is 227 g/mol. The first kappa shape index (κ1) is 12.3. The van der Waals surface area contributed by atoms with E-state index in [4.69, 9.17) is 15.2 Å². The van der Waals surface area contributed by atoms with Gasteiger partial charge >= 0.3 is 0 Å². The summed E-state index contributed by atoms with van der Waals surface area (Å²) in [5, 5.41) is 0. The van der Waals surface area contributed by atoms with Crippen LogP contribution in [0.15, 0.2) is 0 Å². The Kier molecular flexibility index (Phi) is 4.62. The van der Waals surface area contributed by atoms with Gasteiger partial charge in [0.05, 0.1) is 11.7 Å². The van der Waals surface area contributed by atoms with Crippen LogP contribution in [-0.4, -0.2) is 31.5 Å².